The summed E-state index contributed by atoms with van der Waals surface area (Å²) in [5, 5.41) is 3.79. The zero-order valence-corrected chi connectivity index (χ0v) is 16.1. The largest absolute Gasteiger partial charge is 0.444 e. The van der Waals surface area contributed by atoms with Crippen LogP contribution in [-0.2, 0) is 17.3 Å². The third kappa shape index (κ3) is 3.76. The van der Waals surface area contributed by atoms with Crippen molar-refractivity contribution in [2.24, 2.45) is 10.5 Å². The Kier molecular flexibility index (Phi) is 5.00. The first-order valence-corrected chi connectivity index (χ1v) is 9.18. The van der Waals surface area contributed by atoms with Crippen molar-refractivity contribution in [3.8, 4) is 0 Å². The van der Waals surface area contributed by atoms with Gasteiger partial charge in [-0.15, -0.1) is 0 Å². The summed E-state index contributed by atoms with van der Waals surface area (Å²) < 4.78 is 46.0. The number of likely N-dealkylation sites (tertiary alicyclic amines) is 1. The fraction of sp³-hybridized carbons (Fsp3) is 0.632. The van der Waals surface area contributed by atoms with Gasteiger partial charge in [0.1, 0.15) is 5.60 Å². The molecule has 1 amide bonds. The number of hydrogen-bond acceptors (Lipinski definition) is 3. The zero-order chi connectivity index (χ0) is 20.7. The molecular weight excluding hydrogens is 373 g/mol. The minimum absolute atomic E-state index is 0.0820. The highest BCUT2D eigenvalue weighted by Crippen LogP contribution is 2.56. The quantitative estimate of drug-likeness (QED) is 0.350. The van der Waals surface area contributed by atoms with Crippen LogP contribution in [-0.4, -0.2) is 29.7 Å². The second-order valence-corrected chi connectivity index (χ2v) is 8.49. The van der Waals surface area contributed by atoms with Crippen molar-refractivity contribution in [2.45, 2.75) is 57.9 Å². The number of nitrogens with zero attached hydrogens (tertiary/aromatic N) is 4. The fourth-order valence-electron chi connectivity index (χ4n) is 4.26. The average molecular weight is 396 g/mol. The number of azide groups is 1. The van der Waals surface area contributed by atoms with Crippen molar-refractivity contribution in [3.05, 3.63) is 45.3 Å². The Balaban J connectivity index is 1.88. The molecule has 3 rings (SSSR count). The van der Waals surface area contributed by atoms with Crippen LogP contribution in [0.25, 0.3) is 10.4 Å². The first-order chi connectivity index (χ1) is 13.0. The lowest BCUT2D eigenvalue weighted by Gasteiger charge is -2.42. The maximum Gasteiger partial charge on any atom is 0.416 e. The molecule has 0 aromatic heterocycles. The van der Waals surface area contributed by atoms with Gasteiger partial charge in [-0.1, -0.05) is 17.2 Å². The summed E-state index contributed by atoms with van der Waals surface area (Å²) in [5.41, 5.74) is 7.69. The highest BCUT2D eigenvalue weighted by molar-refractivity contribution is 5.68. The maximum atomic E-state index is 13.5. The number of piperidine rings is 1. The minimum atomic E-state index is -4.52. The summed E-state index contributed by atoms with van der Waals surface area (Å²) in [4.78, 5) is 16.7. The molecule has 1 atom stereocenters. The molecule has 1 unspecified atom stereocenters. The van der Waals surface area contributed by atoms with Crippen molar-refractivity contribution >= 4 is 6.09 Å². The molecular formula is C19H23F3N4O2. The van der Waals surface area contributed by atoms with E-state index >= 15 is 0 Å². The van der Waals surface area contributed by atoms with Crippen molar-refractivity contribution < 1.29 is 22.7 Å². The lowest BCUT2D eigenvalue weighted by molar-refractivity contribution is -0.138. The van der Waals surface area contributed by atoms with Crippen molar-refractivity contribution in [1.82, 2.24) is 4.90 Å². The van der Waals surface area contributed by atoms with Gasteiger partial charge in [0.15, 0.2) is 0 Å². The van der Waals surface area contributed by atoms with Gasteiger partial charge >= 0.3 is 12.3 Å². The van der Waals surface area contributed by atoms with E-state index in [0.29, 0.717) is 37.9 Å². The third-order valence-electron chi connectivity index (χ3n) is 5.48. The van der Waals surface area contributed by atoms with E-state index in [9.17, 15) is 18.0 Å². The Hall–Kier alpha value is -2.41. The molecule has 0 N–H and O–H groups in total. The molecule has 28 heavy (non-hydrogen) atoms. The number of amides is 1. The topological polar surface area (TPSA) is 78.3 Å². The van der Waals surface area contributed by atoms with E-state index in [4.69, 9.17) is 10.3 Å². The van der Waals surface area contributed by atoms with Crippen LogP contribution in [0.4, 0.5) is 18.0 Å². The molecule has 1 aliphatic heterocycles. The summed E-state index contributed by atoms with van der Waals surface area (Å²) in [6, 6.07) is 3.20. The third-order valence-corrected chi connectivity index (χ3v) is 5.48. The van der Waals surface area contributed by atoms with E-state index < -0.39 is 34.9 Å². The van der Waals surface area contributed by atoms with Crippen LogP contribution in [0, 0.1) is 5.41 Å². The average Bonchev–Trinajstić information content (AvgIpc) is 2.86. The van der Waals surface area contributed by atoms with Gasteiger partial charge in [-0.2, -0.15) is 13.2 Å². The highest BCUT2D eigenvalue weighted by atomic mass is 19.4. The van der Waals surface area contributed by atoms with Crippen molar-refractivity contribution in [3.63, 3.8) is 0 Å². The van der Waals surface area contributed by atoms with Crippen LogP contribution in [0.3, 0.4) is 0 Å². The summed E-state index contributed by atoms with van der Waals surface area (Å²) in [5.74, 6) is 0. The van der Waals surface area contributed by atoms with Crippen molar-refractivity contribution in [2.75, 3.05) is 13.1 Å². The number of hydrogen-bond donors (Lipinski definition) is 0. The number of carbonyl (C=O) groups excluding carboxylic acids is 1. The number of rotatable bonds is 1. The number of halogens is 3. The van der Waals surface area contributed by atoms with Gasteiger partial charge in [-0.3, -0.25) is 0 Å². The van der Waals surface area contributed by atoms with Crippen LogP contribution in [0.15, 0.2) is 23.3 Å². The normalized spacial score (nSPS) is 21.2. The Labute approximate surface area is 161 Å². The molecule has 6 nitrogen and oxygen atoms in total. The number of ether oxygens (including phenoxy) is 1. The molecule has 1 spiro atoms. The van der Waals surface area contributed by atoms with Gasteiger partial charge < -0.3 is 9.64 Å². The molecule has 0 radical (unpaired) electrons. The van der Waals surface area contributed by atoms with E-state index in [1.807, 2.05) is 0 Å². The molecule has 0 bridgehead atoms. The monoisotopic (exact) mass is 396 g/mol. The number of fused-ring (bicyclic) bond motifs is 1. The molecule has 1 heterocycles. The second-order valence-electron chi connectivity index (χ2n) is 8.49. The molecule has 0 saturated carbocycles. The molecule has 1 saturated heterocycles. The molecule has 1 aliphatic carbocycles. The zero-order valence-electron chi connectivity index (χ0n) is 16.1. The molecule has 2 aliphatic rings. The van der Waals surface area contributed by atoms with Gasteiger partial charge in [0, 0.05) is 18.0 Å². The predicted molar refractivity (Wildman–Crippen MR) is 96.5 cm³/mol. The summed E-state index contributed by atoms with van der Waals surface area (Å²) in [6.45, 7) is 6.03. The van der Waals surface area contributed by atoms with Crippen LogP contribution in [0.1, 0.15) is 56.3 Å². The summed E-state index contributed by atoms with van der Waals surface area (Å²) in [6.07, 6.45) is -3.66. The van der Waals surface area contributed by atoms with E-state index in [2.05, 4.69) is 10.0 Å². The Morgan fingerprint density at radius 2 is 1.93 bits per heavy atom. The van der Waals surface area contributed by atoms with Crippen molar-refractivity contribution in [1.29, 1.82) is 0 Å². The number of benzene rings is 1. The second kappa shape index (κ2) is 6.88. The molecule has 1 fully saturated rings. The molecule has 1 aromatic rings. The first-order valence-electron chi connectivity index (χ1n) is 9.18. The van der Waals surface area contributed by atoms with Crippen LogP contribution < -0.4 is 0 Å². The van der Waals surface area contributed by atoms with Crippen LogP contribution in [0.5, 0.6) is 0 Å². The van der Waals surface area contributed by atoms with Gasteiger partial charge in [0.05, 0.1) is 11.6 Å². The number of carbonyl (C=O) groups is 1. The van der Waals surface area contributed by atoms with Crippen LogP contribution in [0.2, 0.25) is 0 Å². The summed E-state index contributed by atoms with van der Waals surface area (Å²) in [7, 11) is 0. The minimum Gasteiger partial charge on any atom is -0.444 e. The molecule has 152 valence electrons. The Bertz CT molecular complexity index is 817. The highest BCUT2D eigenvalue weighted by Gasteiger charge is 2.51. The van der Waals surface area contributed by atoms with E-state index in [0.717, 1.165) is 6.07 Å². The number of alkyl halides is 3. The fourth-order valence-corrected chi connectivity index (χ4v) is 4.26. The maximum absolute atomic E-state index is 13.5. The summed E-state index contributed by atoms with van der Waals surface area (Å²) >= 11 is 0. The van der Waals surface area contributed by atoms with Gasteiger partial charge in [-0.25, -0.2) is 4.79 Å². The standard InChI is InChI=1S/C19H23F3N4O2/c1-17(2,3)28-16(27)26-9-7-18(8-10-26)11-12-5-4-6-13(19(20,21)22)14(12)15(18)24-25-23/h4-6,15H,7-11H2,1-3H3. The van der Waals surface area contributed by atoms with E-state index in [1.165, 1.54) is 6.07 Å². The lowest BCUT2D eigenvalue weighted by Crippen LogP contribution is -2.46. The molecule has 1 aromatic carbocycles. The van der Waals surface area contributed by atoms with Crippen LogP contribution >= 0.6 is 0 Å². The Morgan fingerprint density at radius 3 is 2.46 bits per heavy atom. The van der Waals surface area contributed by atoms with Gasteiger partial charge in [0.2, 0.25) is 0 Å². The van der Waals surface area contributed by atoms with E-state index in [1.54, 1.807) is 31.7 Å². The SMILES string of the molecule is CC(C)(C)OC(=O)N1CCC2(CC1)Cc1cccc(C(F)(F)F)c1C2N=[N+]=[N-]. The Morgan fingerprint density at radius 1 is 1.29 bits per heavy atom. The van der Waals surface area contributed by atoms with Gasteiger partial charge in [0.25, 0.3) is 0 Å². The molecule has 9 heteroatoms. The van der Waals surface area contributed by atoms with E-state index in [-0.39, 0.29) is 5.56 Å². The predicted octanol–water partition coefficient (Wildman–Crippen LogP) is 5.63. The smallest absolute Gasteiger partial charge is 0.416 e. The van der Waals surface area contributed by atoms with Gasteiger partial charge in [-0.05, 0) is 68.2 Å². The first kappa shape index (κ1) is 20.3. The lowest BCUT2D eigenvalue weighted by atomic mass is 9.73.